The number of carbonyl (C=O) groups is 1. The molecular weight excluding hydrogens is 228 g/mol. The van der Waals surface area contributed by atoms with Crippen LogP contribution in [0.3, 0.4) is 0 Å². The molecule has 0 fully saturated rings. The van der Waals surface area contributed by atoms with E-state index >= 15 is 0 Å². The van der Waals surface area contributed by atoms with Gasteiger partial charge in [0.2, 0.25) is 0 Å². The Morgan fingerprint density at radius 3 is 2.83 bits per heavy atom. The summed E-state index contributed by atoms with van der Waals surface area (Å²) in [6.45, 7) is 2.06. The molecule has 1 atom stereocenters. The predicted molar refractivity (Wildman–Crippen MR) is 72.2 cm³/mol. The summed E-state index contributed by atoms with van der Waals surface area (Å²) in [5.41, 5.74) is 1.45. The highest BCUT2D eigenvalue weighted by molar-refractivity contribution is 6.10. The van der Waals surface area contributed by atoms with Gasteiger partial charge in [-0.2, -0.15) is 0 Å². The quantitative estimate of drug-likeness (QED) is 0.538. The molecule has 0 aromatic carbocycles. The Kier molecular flexibility index (Phi) is 6.61. The molecule has 0 aromatic rings. The minimum absolute atomic E-state index is 0.00922. The van der Waals surface area contributed by atoms with Gasteiger partial charge < -0.3 is 10.2 Å². The number of aliphatic hydroxyl groups is 2. The van der Waals surface area contributed by atoms with Crippen molar-refractivity contribution in [1.29, 1.82) is 0 Å². The van der Waals surface area contributed by atoms with E-state index in [0.717, 1.165) is 12.0 Å². The summed E-state index contributed by atoms with van der Waals surface area (Å²) in [7, 11) is 0. The van der Waals surface area contributed by atoms with Crippen LogP contribution in [0.15, 0.2) is 35.5 Å². The van der Waals surface area contributed by atoms with E-state index in [1.807, 2.05) is 24.3 Å². The van der Waals surface area contributed by atoms with Gasteiger partial charge in [0, 0.05) is 6.61 Å². The first-order valence-corrected chi connectivity index (χ1v) is 6.55. The number of Topliss-reactive ketones (excluding diaryl/α,β-unsaturated/α-hetero) is 1. The highest BCUT2D eigenvalue weighted by atomic mass is 16.3. The summed E-state index contributed by atoms with van der Waals surface area (Å²) in [5.74, 6) is 0.0281. The van der Waals surface area contributed by atoms with Crippen LogP contribution in [0.1, 0.15) is 39.0 Å². The van der Waals surface area contributed by atoms with Crippen LogP contribution < -0.4 is 0 Å². The van der Waals surface area contributed by atoms with E-state index in [1.54, 1.807) is 0 Å². The molecule has 0 aliphatic heterocycles. The van der Waals surface area contributed by atoms with Gasteiger partial charge in [0.05, 0.1) is 6.10 Å². The molecule has 2 N–H and O–H groups in total. The van der Waals surface area contributed by atoms with Crippen LogP contribution in [0.5, 0.6) is 0 Å². The highest BCUT2D eigenvalue weighted by Gasteiger charge is 2.19. The molecule has 0 aromatic heterocycles. The average Bonchev–Trinajstić information content (AvgIpc) is 2.69. The Hall–Kier alpha value is -1.19. The fourth-order valence-electron chi connectivity index (χ4n) is 1.93. The molecule has 3 heteroatoms. The lowest BCUT2D eigenvalue weighted by Crippen LogP contribution is -2.05. The third-order valence-corrected chi connectivity index (χ3v) is 2.98. The van der Waals surface area contributed by atoms with Crippen LogP contribution in [0.2, 0.25) is 0 Å². The van der Waals surface area contributed by atoms with Crippen LogP contribution in [-0.4, -0.2) is 28.7 Å². The average molecular weight is 250 g/mol. The van der Waals surface area contributed by atoms with Gasteiger partial charge in [-0.25, -0.2) is 0 Å². The van der Waals surface area contributed by atoms with Crippen LogP contribution in [0, 0.1) is 0 Å². The molecule has 1 unspecified atom stereocenters. The number of carbonyl (C=O) groups excluding carboxylic acids is 1. The summed E-state index contributed by atoms with van der Waals surface area (Å²) in [4.78, 5) is 11.8. The Balaban J connectivity index is 2.41. The van der Waals surface area contributed by atoms with Crippen molar-refractivity contribution < 1.29 is 15.0 Å². The maximum absolute atomic E-state index is 11.8. The van der Waals surface area contributed by atoms with Crippen LogP contribution >= 0.6 is 0 Å². The summed E-state index contributed by atoms with van der Waals surface area (Å²) in [5, 5.41) is 18.5. The van der Waals surface area contributed by atoms with Crippen molar-refractivity contribution in [2.45, 2.75) is 45.1 Å². The molecule has 0 heterocycles. The van der Waals surface area contributed by atoms with Gasteiger partial charge in [-0.3, -0.25) is 4.79 Å². The lowest BCUT2D eigenvalue weighted by atomic mass is 10.1. The molecule has 1 aliphatic rings. The molecule has 1 aliphatic carbocycles. The monoisotopic (exact) mass is 250 g/mol. The fraction of sp³-hybridized carbons (Fsp3) is 0.533. The smallest absolute Gasteiger partial charge is 0.184 e. The summed E-state index contributed by atoms with van der Waals surface area (Å²) in [6.07, 6.45) is 10.4. The van der Waals surface area contributed by atoms with Gasteiger partial charge in [-0.15, -0.1) is 0 Å². The Morgan fingerprint density at radius 1 is 1.39 bits per heavy atom. The second-order valence-corrected chi connectivity index (χ2v) is 4.47. The second kappa shape index (κ2) is 8.01. The molecule has 0 saturated carbocycles. The highest BCUT2D eigenvalue weighted by Crippen LogP contribution is 2.23. The molecule has 0 amide bonds. The van der Waals surface area contributed by atoms with Gasteiger partial charge in [0.25, 0.3) is 0 Å². The number of allylic oxidation sites excluding steroid dienone is 3. The van der Waals surface area contributed by atoms with E-state index in [9.17, 15) is 9.90 Å². The minimum atomic E-state index is -0.421. The molecule has 0 radical (unpaired) electrons. The van der Waals surface area contributed by atoms with E-state index in [4.69, 9.17) is 5.11 Å². The van der Waals surface area contributed by atoms with Crippen LogP contribution in [0.4, 0.5) is 0 Å². The summed E-state index contributed by atoms with van der Waals surface area (Å²) < 4.78 is 0. The van der Waals surface area contributed by atoms with E-state index < -0.39 is 6.10 Å². The van der Waals surface area contributed by atoms with Crippen LogP contribution in [0.25, 0.3) is 0 Å². The number of ketones is 1. The largest absolute Gasteiger partial charge is 0.396 e. The molecule has 100 valence electrons. The standard InChI is InChI=1S/C15H22O3/c1-2-3-4-5-14(17)9-8-12-6-7-13(10-11-16)15(12)18/h3-4,7-8,14,16-17H,2,5-6,9-11H2,1H3/b4-3-,12-8+. The van der Waals surface area contributed by atoms with Gasteiger partial charge >= 0.3 is 0 Å². The number of aliphatic hydroxyl groups excluding tert-OH is 2. The van der Waals surface area contributed by atoms with Crippen molar-refractivity contribution in [1.82, 2.24) is 0 Å². The third-order valence-electron chi connectivity index (χ3n) is 2.98. The SMILES string of the molecule is CC/C=C\CC(O)C/C=C1\CC=C(CCO)C1=O. The van der Waals surface area contributed by atoms with Gasteiger partial charge in [0.1, 0.15) is 0 Å². The maximum atomic E-state index is 11.8. The van der Waals surface area contributed by atoms with Gasteiger partial charge in [0.15, 0.2) is 5.78 Å². The van der Waals surface area contributed by atoms with Gasteiger partial charge in [-0.05, 0) is 43.3 Å². The first-order chi connectivity index (χ1) is 8.69. The van der Waals surface area contributed by atoms with Crippen molar-refractivity contribution in [3.05, 3.63) is 35.5 Å². The number of rotatable bonds is 7. The molecule has 1 rings (SSSR count). The zero-order valence-corrected chi connectivity index (χ0v) is 10.9. The number of hydrogen-bond acceptors (Lipinski definition) is 3. The third kappa shape index (κ3) is 4.59. The predicted octanol–water partition coefficient (Wildman–Crippen LogP) is 2.30. The van der Waals surface area contributed by atoms with Crippen molar-refractivity contribution in [3.63, 3.8) is 0 Å². The van der Waals surface area contributed by atoms with Gasteiger partial charge in [-0.1, -0.05) is 31.2 Å². The fourth-order valence-corrected chi connectivity index (χ4v) is 1.93. The first-order valence-electron chi connectivity index (χ1n) is 6.55. The molecule has 18 heavy (non-hydrogen) atoms. The summed E-state index contributed by atoms with van der Waals surface area (Å²) >= 11 is 0. The van der Waals surface area contributed by atoms with E-state index in [0.29, 0.717) is 31.3 Å². The molecule has 3 nitrogen and oxygen atoms in total. The molecule has 0 spiro atoms. The Morgan fingerprint density at radius 2 is 2.17 bits per heavy atom. The zero-order valence-electron chi connectivity index (χ0n) is 10.9. The summed E-state index contributed by atoms with van der Waals surface area (Å²) in [6, 6.07) is 0. The molecule has 0 saturated heterocycles. The maximum Gasteiger partial charge on any atom is 0.184 e. The lowest BCUT2D eigenvalue weighted by Gasteiger charge is -2.05. The minimum Gasteiger partial charge on any atom is -0.396 e. The lowest BCUT2D eigenvalue weighted by molar-refractivity contribution is -0.112. The van der Waals surface area contributed by atoms with Crippen molar-refractivity contribution in [3.8, 4) is 0 Å². The normalized spacial score (nSPS) is 19.8. The Bertz CT molecular complexity index is 364. The molecule has 0 bridgehead atoms. The van der Waals surface area contributed by atoms with E-state index in [1.165, 1.54) is 0 Å². The van der Waals surface area contributed by atoms with E-state index in [-0.39, 0.29) is 12.4 Å². The molecular formula is C15H22O3. The van der Waals surface area contributed by atoms with Crippen molar-refractivity contribution >= 4 is 5.78 Å². The zero-order chi connectivity index (χ0) is 13.4. The Labute approximate surface area is 109 Å². The van der Waals surface area contributed by atoms with Crippen molar-refractivity contribution in [2.75, 3.05) is 6.61 Å². The van der Waals surface area contributed by atoms with Crippen LogP contribution in [-0.2, 0) is 4.79 Å². The topological polar surface area (TPSA) is 57.5 Å². The van der Waals surface area contributed by atoms with Crippen molar-refractivity contribution in [2.24, 2.45) is 0 Å². The van der Waals surface area contributed by atoms with E-state index in [2.05, 4.69) is 6.92 Å². The first kappa shape index (κ1) is 14.9. The number of hydrogen-bond donors (Lipinski definition) is 2. The second-order valence-electron chi connectivity index (χ2n) is 4.47.